The number of aliphatic hydroxyl groups is 2. The van der Waals surface area contributed by atoms with Crippen LogP contribution in [0.25, 0.3) is 0 Å². The van der Waals surface area contributed by atoms with E-state index in [1.54, 1.807) is 6.33 Å². The highest BCUT2D eigenvalue weighted by atomic mass is 16.3. The Hall–Kier alpha value is -2.18. The molecule has 24 heavy (non-hydrogen) atoms. The molecule has 3 rings (SSSR count). The van der Waals surface area contributed by atoms with Crippen molar-refractivity contribution in [2.45, 2.75) is 32.4 Å². The van der Waals surface area contributed by atoms with Crippen LogP contribution in [0.1, 0.15) is 30.5 Å². The summed E-state index contributed by atoms with van der Waals surface area (Å²) in [7, 11) is 0. The van der Waals surface area contributed by atoms with Crippen LogP contribution >= 0.6 is 0 Å². The van der Waals surface area contributed by atoms with E-state index in [0.717, 1.165) is 36.7 Å². The topological polar surface area (TPSA) is 81.5 Å². The van der Waals surface area contributed by atoms with E-state index >= 15 is 0 Å². The van der Waals surface area contributed by atoms with Gasteiger partial charge in [0.2, 0.25) is 0 Å². The number of aliphatic hydroxyl groups excluding tert-OH is 1. The number of aromatic nitrogens is 2. The largest absolute Gasteiger partial charge is 0.395 e. The van der Waals surface area contributed by atoms with Crippen LogP contribution in [0.5, 0.6) is 0 Å². The summed E-state index contributed by atoms with van der Waals surface area (Å²) in [5, 5.41) is 22.1. The summed E-state index contributed by atoms with van der Waals surface area (Å²) in [6.45, 7) is 5.83. The van der Waals surface area contributed by atoms with Crippen molar-refractivity contribution in [3.05, 3.63) is 47.3 Å². The van der Waals surface area contributed by atoms with E-state index in [1.165, 1.54) is 11.1 Å². The van der Waals surface area contributed by atoms with E-state index in [1.807, 2.05) is 26.0 Å². The first-order chi connectivity index (χ1) is 11.5. The zero-order valence-corrected chi connectivity index (χ0v) is 14.2. The number of benzene rings is 1. The van der Waals surface area contributed by atoms with Crippen molar-refractivity contribution in [1.29, 1.82) is 0 Å². The molecule has 1 aromatic carbocycles. The van der Waals surface area contributed by atoms with E-state index in [0.29, 0.717) is 6.54 Å². The molecule has 128 valence electrons. The molecule has 0 bridgehead atoms. The smallest absolute Gasteiger partial charge is 0.134 e. The first kappa shape index (κ1) is 16.7. The van der Waals surface area contributed by atoms with Crippen molar-refractivity contribution in [2.75, 3.05) is 29.9 Å². The van der Waals surface area contributed by atoms with Gasteiger partial charge < -0.3 is 20.4 Å². The number of hydrogen-bond donors (Lipinski definition) is 3. The minimum Gasteiger partial charge on any atom is -0.395 e. The van der Waals surface area contributed by atoms with Crippen LogP contribution in [0.15, 0.2) is 30.6 Å². The fourth-order valence-corrected chi connectivity index (χ4v) is 2.93. The molecule has 2 aromatic rings. The Balaban J connectivity index is 1.78. The van der Waals surface area contributed by atoms with Gasteiger partial charge in [-0.25, -0.2) is 9.97 Å². The molecule has 2 heterocycles. The molecule has 0 unspecified atom stereocenters. The zero-order valence-electron chi connectivity index (χ0n) is 14.2. The Kier molecular flexibility index (Phi) is 4.69. The maximum Gasteiger partial charge on any atom is 0.134 e. The number of anilines is 2. The Morgan fingerprint density at radius 2 is 2.04 bits per heavy atom. The van der Waals surface area contributed by atoms with E-state index in [9.17, 15) is 5.11 Å². The van der Waals surface area contributed by atoms with Gasteiger partial charge in [0.05, 0.1) is 12.2 Å². The average Bonchev–Trinajstić information content (AvgIpc) is 2.58. The Bertz CT molecular complexity index is 712. The molecule has 1 aromatic heterocycles. The van der Waals surface area contributed by atoms with Gasteiger partial charge >= 0.3 is 0 Å². The van der Waals surface area contributed by atoms with Crippen LogP contribution in [0, 0.1) is 0 Å². The van der Waals surface area contributed by atoms with Gasteiger partial charge in [-0.05, 0) is 37.0 Å². The Morgan fingerprint density at radius 1 is 1.21 bits per heavy atom. The van der Waals surface area contributed by atoms with Crippen LogP contribution in [-0.2, 0) is 18.6 Å². The lowest BCUT2D eigenvalue weighted by Gasteiger charge is -2.31. The molecule has 0 atom stereocenters. The maximum atomic E-state index is 10.2. The van der Waals surface area contributed by atoms with Crippen molar-refractivity contribution < 1.29 is 10.2 Å². The fourth-order valence-electron chi connectivity index (χ4n) is 2.93. The molecule has 0 spiro atoms. The highest BCUT2D eigenvalue weighted by Crippen LogP contribution is 2.28. The van der Waals surface area contributed by atoms with Gasteiger partial charge in [-0.15, -0.1) is 0 Å². The highest BCUT2D eigenvalue weighted by Gasteiger charge is 2.22. The molecule has 0 saturated carbocycles. The van der Waals surface area contributed by atoms with E-state index in [2.05, 4.69) is 32.3 Å². The van der Waals surface area contributed by atoms with Crippen molar-refractivity contribution >= 4 is 11.6 Å². The number of fused-ring (bicyclic) bond motifs is 1. The van der Waals surface area contributed by atoms with Gasteiger partial charge in [0, 0.05) is 25.7 Å². The summed E-state index contributed by atoms with van der Waals surface area (Å²) >= 11 is 0. The summed E-state index contributed by atoms with van der Waals surface area (Å²) in [5.74, 6) is 1.60. The average molecular weight is 328 g/mol. The first-order valence-corrected chi connectivity index (χ1v) is 8.24. The molecule has 0 saturated heterocycles. The van der Waals surface area contributed by atoms with E-state index in [4.69, 9.17) is 5.11 Å². The van der Waals surface area contributed by atoms with Gasteiger partial charge in [0.25, 0.3) is 0 Å². The van der Waals surface area contributed by atoms with Crippen LogP contribution < -0.4 is 10.2 Å². The summed E-state index contributed by atoms with van der Waals surface area (Å²) < 4.78 is 0. The molecule has 0 radical (unpaired) electrons. The monoisotopic (exact) mass is 328 g/mol. The van der Waals surface area contributed by atoms with Gasteiger partial charge in [0.1, 0.15) is 18.0 Å². The highest BCUT2D eigenvalue weighted by molar-refractivity contribution is 5.51. The van der Waals surface area contributed by atoms with Crippen molar-refractivity contribution in [2.24, 2.45) is 0 Å². The summed E-state index contributed by atoms with van der Waals surface area (Å²) in [5.41, 5.74) is 2.69. The second-order valence-corrected chi connectivity index (χ2v) is 6.63. The molecule has 1 aliphatic rings. The SMILES string of the molecule is CC(C)(O)c1ccc2c(c1)CCN(c1cc(NCCO)ncn1)C2. The van der Waals surface area contributed by atoms with Crippen LogP contribution in [-0.4, -0.2) is 39.9 Å². The number of nitrogens with zero attached hydrogens (tertiary/aromatic N) is 3. The number of hydrogen-bond acceptors (Lipinski definition) is 6. The first-order valence-electron chi connectivity index (χ1n) is 8.24. The molecular weight excluding hydrogens is 304 g/mol. The molecule has 6 nitrogen and oxygen atoms in total. The molecule has 0 amide bonds. The lowest BCUT2D eigenvalue weighted by Crippen LogP contribution is -2.31. The van der Waals surface area contributed by atoms with E-state index < -0.39 is 5.60 Å². The molecule has 0 fully saturated rings. The van der Waals surface area contributed by atoms with Gasteiger partial charge in [-0.2, -0.15) is 0 Å². The predicted molar refractivity (Wildman–Crippen MR) is 94.0 cm³/mol. The van der Waals surface area contributed by atoms with Crippen molar-refractivity contribution in [3.63, 3.8) is 0 Å². The molecular formula is C18H24N4O2. The third-order valence-electron chi connectivity index (χ3n) is 4.32. The Labute approximate surface area is 142 Å². The van der Waals surface area contributed by atoms with Crippen LogP contribution in [0.3, 0.4) is 0 Å². The van der Waals surface area contributed by atoms with Crippen LogP contribution in [0.2, 0.25) is 0 Å². The predicted octanol–water partition coefficient (Wildman–Crippen LogP) is 1.67. The van der Waals surface area contributed by atoms with Gasteiger partial charge in [0.15, 0.2) is 0 Å². The van der Waals surface area contributed by atoms with Crippen LogP contribution in [0.4, 0.5) is 11.6 Å². The quantitative estimate of drug-likeness (QED) is 0.775. The van der Waals surface area contributed by atoms with Gasteiger partial charge in [-0.1, -0.05) is 18.2 Å². The third kappa shape index (κ3) is 3.66. The maximum absolute atomic E-state index is 10.2. The van der Waals surface area contributed by atoms with Crippen molar-refractivity contribution in [1.82, 2.24) is 9.97 Å². The summed E-state index contributed by atoms with van der Waals surface area (Å²) in [6, 6.07) is 8.12. The molecule has 6 heteroatoms. The zero-order chi connectivity index (χ0) is 17.2. The van der Waals surface area contributed by atoms with Gasteiger partial charge in [-0.3, -0.25) is 0 Å². The fraction of sp³-hybridized carbons (Fsp3) is 0.444. The third-order valence-corrected chi connectivity index (χ3v) is 4.32. The van der Waals surface area contributed by atoms with Crippen molar-refractivity contribution in [3.8, 4) is 0 Å². The summed E-state index contributed by atoms with van der Waals surface area (Å²) in [6.07, 6.45) is 2.46. The standard InChI is InChI=1S/C18H24N4O2/c1-18(2,24)15-4-3-14-11-22(7-5-13(14)9-15)17-10-16(19-6-8-23)20-12-21-17/h3-4,9-10,12,23-24H,5-8,11H2,1-2H3,(H,19,20,21). The minimum atomic E-state index is -0.813. The van der Waals surface area contributed by atoms with E-state index in [-0.39, 0.29) is 6.61 Å². The molecule has 0 aliphatic carbocycles. The summed E-state index contributed by atoms with van der Waals surface area (Å²) in [4.78, 5) is 10.8. The normalized spacial score (nSPS) is 14.4. The molecule has 3 N–H and O–H groups in total. The molecule has 1 aliphatic heterocycles. The number of nitrogens with one attached hydrogen (secondary N) is 1. The lowest BCUT2D eigenvalue weighted by atomic mass is 9.91. The Morgan fingerprint density at radius 3 is 2.79 bits per heavy atom. The lowest BCUT2D eigenvalue weighted by molar-refractivity contribution is 0.0785. The second-order valence-electron chi connectivity index (χ2n) is 6.63. The minimum absolute atomic E-state index is 0.0694. The second kappa shape index (κ2) is 6.75. The number of rotatable bonds is 5.